The summed E-state index contributed by atoms with van der Waals surface area (Å²) in [6.45, 7) is 6.88. The van der Waals surface area contributed by atoms with Crippen molar-refractivity contribution in [3.05, 3.63) is 58.1 Å². The van der Waals surface area contributed by atoms with Crippen LogP contribution in [0.3, 0.4) is 0 Å². The maximum atomic E-state index is 6.17. The van der Waals surface area contributed by atoms with Crippen LogP contribution in [0.15, 0.2) is 46.9 Å². The Labute approximate surface area is 171 Å². The lowest BCUT2D eigenvalue weighted by Gasteiger charge is -2.23. The summed E-state index contributed by atoms with van der Waals surface area (Å²) >= 11 is 3.59. The van der Waals surface area contributed by atoms with Crippen LogP contribution in [0.25, 0.3) is 0 Å². The molecule has 2 aromatic carbocycles. The van der Waals surface area contributed by atoms with Crippen LogP contribution in [0.2, 0.25) is 0 Å². The number of nitrogens with zero attached hydrogens (tertiary/aromatic N) is 1. The number of methoxy groups -OCH3 is 1. The van der Waals surface area contributed by atoms with Crippen LogP contribution in [0.4, 0.5) is 0 Å². The number of nitrogens with one attached hydrogen (secondary N) is 1. The molecule has 0 spiro atoms. The van der Waals surface area contributed by atoms with Gasteiger partial charge >= 0.3 is 0 Å². The minimum absolute atomic E-state index is 0.526. The average molecular weight is 433 g/mol. The zero-order valence-corrected chi connectivity index (χ0v) is 17.8. The van der Waals surface area contributed by atoms with Crippen molar-refractivity contribution in [3.63, 3.8) is 0 Å². The van der Waals surface area contributed by atoms with E-state index in [1.54, 1.807) is 7.11 Å². The summed E-state index contributed by atoms with van der Waals surface area (Å²) in [5, 5.41) is 3.63. The first-order valence-corrected chi connectivity index (χ1v) is 10.5. The van der Waals surface area contributed by atoms with Gasteiger partial charge in [0.05, 0.1) is 7.11 Å². The Morgan fingerprint density at radius 2 is 2.04 bits per heavy atom. The molecule has 1 saturated heterocycles. The number of likely N-dealkylation sites (N-methyl/N-ethyl adjacent to an activating group) is 1. The largest absolute Gasteiger partial charge is 0.493 e. The van der Waals surface area contributed by atoms with Gasteiger partial charge in [0.1, 0.15) is 6.61 Å². The van der Waals surface area contributed by atoms with Gasteiger partial charge < -0.3 is 14.8 Å². The topological polar surface area (TPSA) is 33.7 Å². The number of hydrogen-bond acceptors (Lipinski definition) is 4. The fourth-order valence-corrected chi connectivity index (χ4v) is 4.20. The van der Waals surface area contributed by atoms with Crippen molar-refractivity contribution >= 4 is 15.9 Å². The Hall–Kier alpha value is -1.56. The predicted molar refractivity (Wildman–Crippen MR) is 113 cm³/mol. The fraction of sp³-hybridized carbons (Fsp3) is 0.455. The van der Waals surface area contributed by atoms with E-state index in [4.69, 9.17) is 9.47 Å². The summed E-state index contributed by atoms with van der Waals surface area (Å²) in [5.74, 6) is 1.57. The lowest BCUT2D eigenvalue weighted by molar-refractivity contribution is 0.258. The van der Waals surface area contributed by atoms with E-state index >= 15 is 0 Å². The highest BCUT2D eigenvalue weighted by atomic mass is 79.9. The van der Waals surface area contributed by atoms with Gasteiger partial charge in [-0.25, -0.2) is 0 Å². The number of hydrogen-bond donors (Lipinski definition) is 1. The second-order valence-electron chi connectivity index (χ2n) is 6.93. The molecule has 1 N–H and O–H groups in total. The highest BCUT2D eigenvalue weighted by Crippen LogP contribution is 2.35. The van der Waals surface area contributed by atoms with E-state index in [-0.39, 0.29) is 0 Å². The zero-order valence-electron chi connectivity index (χ0n) is 16.2. The quantitative estimate of drug-likeness (QED) is 0.626. The van der Waals surface area contributed by atoms with Gasteiger partial charge in [-0.05, 0) is 43.6 Å². The maximum Gasteiger partial charge on any atom is 0.166 e. The van der Waals surface area contributed by atoms with Gasteiger partial charge in [0, 0.05) is 29.2 Å². The van der Waals surface area contributed by atoms with E-state index in [0.717, 1.165) is 46.7 Å². The molecule has 0 unspecified atom stereocenters. The van der Waals surface area contributed by atoms with E-state index in [2.05, 4.69) is 51.3 Å². The summed E-state index contributed by atoms with van der Waals surface area (Å²) in [6.07, 6.45) is 2.58. The van der Waals surface area contributed by atoms with Crippen molar-refractivity contribution in [1.29, 1.82) is 0 Å². The predicted octanol–water partition coefficient (Wildman–Crippen LogP) is 4.61. The van der Waals surface area contributed by atoms with Gasteiger partial charge in [0.2, 0.25) is 0 Å². The molecule has 4 nitrogen and oxygen atoms in total. The molecule has 0 radical (unpaired) electrons. The first-order valence-electron chi connectivity index (χ1n) is 9.69. The van der Waals surface area contributed by atoms with Gasteiger partial charge in [-0.2, -0.15) is 0 Å². The van der Waals surface area contributed by atoms with E-state index < -0.39 is 0 Å². The second-order valence-corrected chi connectivity index (χ2v) is 7.84. The molecule has 0 saturated carbocycles. The van der Waals surface area contributed by atoms with E-state index in [1.165, 1.54) is 19.4 Å². The fourth-order valence-electron chi connectivity index (χ4n) is 3.72. The molecule has 0 bridgehead atoms. The molecule has 1 atom stereocenters. The molecule has 1 fully saturated rings. The molecule has 2 aromatic rings. The number of likely N-dealkylation sites (tertiary alicyclic amines) is 1. The molecule has 1 aliphatic rings. The third-order valence-electron chi connectivity index (χ3n) is 5.14. The molecule has 27 heavy (non-hydrogen) atoms. The molecular formula is C22H29BrN2O2. The summed E-state index contributed by atoms with van der Waals surface area (Å²) < 4.78 is 12.7. The van der Waals surface area contributed by atoms with Crippen LogP contribution in [0, 0.1) is 0 Å². The molecule has 0 amide bonds. The van der Waals surface area contributed by atoms with E-state index in [9.17, 15) is 0 Å². The third-order valence-corrected chi connectivity index (χ3v) is 5.60. The van der Waals surface area contributed by atoms with Crippen LogP contribution in [0.1, 0.15) is 30.9 Å². The Morgan fingerprint density at radius 1 is 1.22 bits per heavy atom. The zero-order chi connectivity index (χ0) is 19.1. The number of benzene rings is 2. The summed E-state index contributed by atoms with van der Waals surface area (Å²) in [4.78, 5) is 2.56. The standard InChI is InChI=1S/C22H29BrN2O2/c1-3-25-11-7-10-20(25)15-24-14-18-12-19(23)13-21(26-2)22(18)27-16-17-8-5-4-6-9-17/h4-6,8-9,12-13,20,24H,3,7,10-11,14-16H2,1-2H3/t20-/m0/s1. The summed E-state index contributed by atoms with van der Waals surface area (Å²) in [7, 11) is 1.69. The highest BCUT2D eigenvalue weighted by molar-refractivity contribution is 9.10. The summed E-state index contributed by atoms with van der Waals surface area (Å²) in [5.41, 5.74) is 2.25. The lowest BCUT2D eigenvalue weighted by atomic mass is 10.1. The lowest BCUT2D eigenvalue weighted by Crippen LogP contribution is -2.37. The second kappa shape index (κ2) is 10.1. The Balaban J connectivity index is 1.68. The molecule has 5 heteroatoms. The monoisotopic (exact) mass is 432 g/mol. The first-order chi connectivity index (χ1) is 13.2. The first kappa shape index (κ1) is 20.2. The van der Waals surface area contributed by atoms with Crippen molar-refractivity contribution < 1.29 is 9.47 Å². The van der Waals surface area contributed by atoms with Gasteiger partial charge in [0.15, 0.2) is 11.5 Å². The maximum absolute atomic E-state index is 6.17. The van der Waals surface area contributed by atoms with Crippen LogP contribution in [-0.4, -0.2) is 37.7 Å². The van der Waals surface area contributed by atoms with Crippen molar-refractivity contribution in [1.82, 2.24) is 10.2 Å². The minimum atomic E-state index is 0.526. The third kappa shape index (κ3) is 5.47. The summed E-state index contributed by atoms with van der Waals surface area (Å²) in [6, 6.07) is 14.9. The Morgan fingerprint density at radius 3 is 2.78 bits per heavy atom. The number of rotatable bonds is 9. The molecule has 0 aromatic heterocycles. The minimum Gasteiger partial charge on any atom is -0.493 e. The van der Waals surface area contributed by atoms with Gasteiger partial charge in [-0.1, -0.05) is 53.2 Å². The van der Waals surface area contributed by atoms with Crippen LogP contribution < -0.4 is 14.8 Å². The van der Waals surface area contributed by atoms with Crippen molar-refractivity contribution in [3.8, 4) is 11.5 Å². The number of halogens is 1. The smallest absolute Gasteiger partial charge is 0.166 e. The molecular weight excluding hydrogens is 404 g/mol. The van der Waals surface area contributed by atoms with Crippen LogP contribution in [0.5, 0.6) is 11.5 Å². The van der Waals surface area contributed by atoms with Gasteiger partial charge in [-0.3, -0.25) is 4.90 Å². The molecule has 146 valence electrons. The molecule has 1 aliphatic heterocycles. The molecule has 0 aliphatic carbocycles. The molecule has 1 heterocycles. The van der Waals surface area contributed by atoms with Crippen LogP contribution in [-0.2, 0) is 13.2 Å². The van der Waals surface area contributed by atoms with Crippen molar-refractivity contribution in [2.24, 2.45) is 0 Å². The van der Waals surface area contributed by atoms with Gasteiger partial charge in [0.25, 0.3) is 0 Å². The van der Waals surface area contributed by atoms with Gasteiger partial charge in [-0.15, -0.1) is 0 Å². The highest BCUT2D eigenvalue weighted by Gasteiger charge is 2.22. The van der Waals surface area contributed by atoms with E-state index in [1.807, 2.05) is 24.3 Å². The van der Waals surface area contributed by atoms with Crippen molar-refractivity contribution in [2.45, 2.75) is 39.0 Å². The van der Waals surface area contributed by atoms with E-state index in [0.29, 0.717) is 12.6 Å². The number of ether oxygens (including phenoxy) is 2. The van der Waals surface area contributed by atoms with Crippen molar-refractivity contribution in [2.75, 3.05) is 26.7 Å². The van der Waals surface area contributed by atoms with Crippen LogP contribution >= 0.6 is 15.9 Å². The SMILES string of the molecule is CCN1CCC[C@H]1CNCc1cc(Br)cc(OC)c1OCc1ccccc1. The normalized spacial score (nSPS) is 17.2. The Kier molecular flexibility index (Phi) is 7.56. The average Bonchev–Trinajstić information content (AvgIpc) is 3.15. The molecule has 3 rings (SSSR count). The Bertz CT molecular complexity index is 724.